The molecule has 0 unspecified atom stereocenters. The molecule has 3 fully saturated rings. The van der Waals surface area contributed by atoms with Gasteiger partial charge in [-0.3, -0.25) is 0 Å². The molecule has 0 saturated carbocycles. The fraction of sp³-hybridized carbons (Fsp3) is 0.560. The summed E-state index contributed by atoms with van der Waals surface area (Å²) in [6.07, 6.45) is 7.68. The summed E-state index contributed by atoms with van der Waals surface area (Å²) in [6, 6.07) is 3.94. The standard InChI is InChI=1S/C25H32FN5O4/c1-33-24(32)20-10-17(26)2-5-21(20)35-22-11-28-16-29-23(22)31-14-25(15-31)6-8-30(9-7-25)12-19-4-3-18(27)13-34-19/h2,5,10-11,16,18-19H,3-4,6-9,12-15,27H2,1H3/t18-,19+/m1/s1. The minimum atomic E-state index is -0.672. The van der Waals surface area contributed by atoms with Crippen molar-refractivity contribution in [2.24, 2.45) is 11.1 Å². The van der Waals surface area contributed by atoms with Crippen LogP contribution in [0, 0.1) is 11.2 Å². The Labute approximate surface area is 204 Å². The molecule has 3 saturated heterocycles. The Balaban J connectivity index is 1.20. The molecule has 0 bridgehead atoms. The highest BCUT2D eigenvalue weighted by molar-refractivity contribution is 5.92. The van der Waals surface area contributed by atoms with Gasteiger partial charge in [0.25, 0.3) is 0 Å². The van der Waals surface area contributed by atoms with Gasteiger partial charge in [-0.1, -0.05) is 0 Å². The van der Waals surface area contributed by atoms with E-state index in [0.29, 0.717) is 24.3 Å². The van der Waals surface area contributed by atoms with Gasteiger partial charge in [-0.25, -0.2) is 19.2 Å². The van der Waals surface area contributed by atoms with Crippen molar-refractivity contribution in [2.75, 3.05) is 51.3 Å². The molecule has 3 aliphatic heterocycles. The maximum atomic E-state index is 13.7. The van der Waals surface area contributed by atoms with E-state index in [2.05, 4.69) is 19.8 Å². The van der Waals surface area contributed by atoms with E-state index in [9.17, 15) is 9.18 Å². The van der Waals surface area contributed by atoms with Crippen molar-refractivity contribution in [3.05, 3.63) is 42.1 Å². The Morgan fingerprint density at radius 1 is 1.26 bits per heavy atom. The van der Waals surface area contributed by atoms with Gasteiger partial charge in [-0.15, -0.1) is 0 Å². The van der Waals surface area contributed by atoms with E-state index in [1.807, 2.05) is 0 Å². The first kappa shape index (κ1) is 23.9. The molecule has 2 atom stereocenters. The molecule has 1 spiro atoms. The summed E-state index contributed by atoms with van der Waals surface area (Å²) in [5, 5.41) is 0. The Morgan fingerprint density at radius 2 is 2.06 bits per heavy atom. The molecule has 1 aromatic heterocycles. The van der Waals surface area contributed by atoms with Gasteiger partial charge >= 0.3 is 5.97 Å². The molecule has 10 heteroatoms. The summed E-state index contributed by atoms with van der Waals surface area (Å²) < 4.78 is 30.4. The first-order valence-corrected chi connectivity index (χ1v) is 12.1. The predicted molar refractivity (Wildman–Crippen MR) is 127 cm³/mol. The lowest BCUT2D eigenvalue weighted by Crippen LogP contribution is -2.61. The van der Waals surface area contributed by atoms with Crippen LogP contribution in [0.15, 0.2) is 30.7 Å². The van der Waals surface area contributed by atoms with Gasteiger partial charge in [-0.2, -0.15) is 0 Å². The highest BCUT2D eigenvalue weighted by atomic mass is 19.1. The second-order valence-corrected chi connectivity index (χ2v) is 9.89. The van der Waals surface area contributed by atoms with Crippen LogP contribution in [-0.4, -0.2) is 79.4 Å². The van der Waals surface area contributed by atoms with E-state index in [4.69, 9.17) is 19.9 Å². The summed E-state index contributed by atoms with van der Waals surface area (Å²) in [5.41, 5.74) is 6.22. The van der Waals surface area contributed by atoms with Crippen molar-refractivity contribution in [1.29, 1.82) is 0 Å². The van der Waals surface area contributed by atoms with E-state index >= 15 is 0 Å². The Hall–Kier alpha value is -2.82. The normalized spacial score (nSPS) is 24.1. The van der Waals surface area contributed by atoms with Crippen molar-refractivity contribution in [2.45, 2.75) is 37.8 Å². The molecule has 2 N–H and O–H groups in total. The number of nitrogens with two attached hydrogens (primary N) is 1. The molecule has 5 rings (SSSR count). The highest BCUT2D eigenvalue weighted by Gasteiger charge is 2.46. The highest BCUT2D eigenvalue weighted by Crippen LogP contribution is 2.45. The second kappa shape index (κ2) is 10.0. The minimum Gasteiger partial charge on any atom is -0.465 e. The zero-order valence-electron chi connectivity index (χ0n) is 20.0. The molecule has 35 heavy (non-hydrogen) atoms. The summed E-state index contributed by atoms with van der Waals surface area (Å²) >= 11 is 0. The van der Waals surface area contributed by atoms with Gasteiger partial charge in [0.15, 0.2) is 11.6 Å². The van der Waals surface area contributed by atoms with Crippen LogP contribution in [0.25, 0.3) is 0 Å². The lowest BCUT2D eigenvalue weighted by Gasteiger charge is -2.54. The second-order valence-electron chi connectivity index (χ2n) is 9.89. The van der Waals surface area contributed by atoms with E-state index in [1.54, 1.807) is 6.20 Å². The van der Waals surface area contributed by atoms with Gasteiger partial charge in [0.1, 0.15) is 23.5 Å². The van der Waals surface area contributed by atoms with Crippen LogP contribution >= 0.6 is 0 Å². The number of esters is 1. The number of aromatic nitrogens is 2. The van der Waals surface area contributed by atoms with Crippen molar-refractivity contribution < 1.29 is 23.4 Å². The number of anilines is 1. The number of benzene rings is 1. The first-order chi connectivity index (χ1) is 16.9. The molecule has 3 aliphatic rings. The largest absolute Gasteiger partial charge is 0.465 e. The van der Waals surface area contributed by atoms with Crippen LogP contribution in [0.3, 0.4) is 0 Å². The molecule has 1 aromatic carbocycles. The van der Waals surface area contributed by atoms with E-state index in [1.165, 1.54) is 25.6 Å². The molecular formula is C25H32FN5O4. The average molecular weight is 486 g/mol. The van der Waals surface area contributed by atoms with Gasteiger partial charge in [0.2, 0.25) is 0 Å². The number of nitrogens with zero attached hydrogens (tertiary/aromatic N) is 4. The monoisotopic (exact) mass is 485 g/mol. The number of hydrogen-bond donors (Lipinski definition) is 1. The van der Waals surface area contributed by atoms with Crippen molar-refractivity contribution in [3.63, 3.8) is 0 Å². The first-order valence-electron chi connectivity index (χ1n) is 12.1. The van der Waals surface area contributed by atoms with E-state index in [-0.39, 0.29) is 22.8 Å². The molecule has 4 heterocycles. The molecular weight excluding hydrogens is 453 g/mol. The zero-order chi connectivity index (χ0) is 24.4. The number of rotatable bonds is 6. The van der Waals surface area contributed by atoms with Crippen LogP contribution in [0.2, 0.25) is 0 Å². The number of methoxy groups -OCH3 is 1. The number of ether oxygens (including phenoxy) is 3. The third kappa shape index (κ3) is 5.24. The summed E-state index contributed by atoms with van der Waals surface area (Å²) in [5.74, 6) is 0.0686. The zero-order valence-corrected chi connectivity index (χ0v) is 20.0. The van der Waals surface area contributed by atoms with Crippen molar-refractivity contribution in [3.8, 4) is 11.5 Å². The maximum Gasteiger partial charge on any atom is 0.341 e. The lowest BCUT2D eigenvalue weighted by atomic mass is 9.72. The fourth-order valence-corrected chi connectivity index (χ4v) is 5.30. The topological polar surface area (TPSA) is 103 Å². The van der Waals surface area contributed by atoms with Crippen LogP contribution in [0.5, 0.6) is 11.5 Å². The third-order valence-electron chi connectivity index (χ3n) is 7.36. The summed E-state index contributed by atoms with van der Waals surface area (Å²) in [7, 11) is 1.25. The minimum absolute atomic E-state index is 0.0127. The summed E-state index contributed by atoms with van der Waals surface area (Å²) in [4.78, 5) is 25.3. The molecule has 0 radical (unpaired) electrons. The van der Waals surface area contributed by atoms with Gasteiger partial charge < -0.3 is 29.7 Å². The number of hydrogen-bond acceptors (Lipinski definition) is 9. The Bertz CT molecular complexity index is 1050. The Kier molecular flexibility index (Phi) is 6.86. The van der Waals surface area contributed by atoms with E-state index < -0.39 is 11.8 Å². The van der Waals surface area contributed by atoms with Crippen LogP contribution in [-0.2, 0) is 9.47 Å². The number of carbonyl (C=O) groups excluding carboxylic acids is 1. The predicted octanol–water partition coefficient (Wildman–Crippen LogP) is 2.60. The molecule has 0 amide bonds. The summed E-state index contributed by atoms with van der Waals surface area (Å²) in [6.45, 7) is 5.54. The molecule has 188 valence electrons. The third-order valence-corrected chi connectivity index (χ3v) is 7.36. The van der Waals surface area contributed by atoms with Crippen LogP contribution in [0.4, 0.5) is 10.2 Å². The van der Waals surface area contributed by atoms with Gasteiger partial charge in [0, 0.05) is 31.1 Å². The lowest BCUT2D eigenvalue weighted by molar-refractivity contribution is -0.0277. The quantitative estimate of drug-likeness (QED) is 0.619. The molecule has 0 aliphatic carbocycles. The fourth-order valence-electron chi connectivity index (χ4n) is 5.30. The van der Waals surface area contributed by atoms with Crippen molar-refractivity contribution >= 4 is 11.8 Å². The maximum absolute atomic E-state index is 13.7. The Morgan fingerprint density at radius 3 is 2.77 bits per heavy atom. The van der Waals surface area contributed by atoms with Crippen LogP contribution < -0.4 is 15.4 Å². The SMILES string of the molecule is COC(=O)c1cc(F)ccc1Oc1cncnc1N1CC2(CCN(C[C@@H]3CC[C@@H](N)CO3)CC2)C1. The van der Waals surface area contributed by atoms with Crippen molar-refractivity contribution in [1.82, 2.24) is 14.9 Å². The number of carbonyl (C=O) groups is 1. The molecule has 9 nitrogen and oxygen atoms in total. The average Bonchev–Trinajstić information content (AvgIpc) is 2.85. The number of piperidine rings is 1. The number of likely N-dealkylation sites (tertiary alicyclic amines) is 1. The van der Waals surface area contributed by atoms with Gasteiger partial charge in [-0.05, 0) is 57.0 Å². The van der Waals surface area contributed by atoms with Gasteiger partial charge in [0.05, 0.1) is 26.0 Å². The number of halogens is 1. The molecule has 2 aromatic rings. The smallest absolute Gasteiger partial charge is 0.341 e. The van der Waals surface area contributed by atoms with Crippen LogP contribution in [0.1, 0.15) is 36.0 Å². The van der Waals surface area contributed by atoms with E-state index in [0.717, 1.165) is 64.5 Å².